The highest BCUT2D eigenvalue weighted by Gasteiger charge is 2.33. The standard InChI is InChI=1S/C23H23NO6S/c1-14(25)29-18-7-8-19-16(12-18)9-10-23(2,30-19)13-28-17-5-3-15(4-6-17)11-20-21(26)24-22(27)31-20/h3-8,12,20H,9-11,13H2,1-2H3,(H,24,26,27). The number of carbonyl (C=O) groups is 3. The van der Waals surface area contributed by atoms with Crippen molar-refractivity contribution in [3.8, 4) is 17.2 Å². The van der Waals surface area contributed by atoms with Gasteiger partial charge in [0.1, 0.15) is 29.5 Å². The van der Waals surface area contributed by atoms with Crippen LogP contribution in [0.4, 0.5) is 4.79 Å². The second-order valence-corrected chi connectivity index (χ2v) is 9.11. The first-order chi connectivity index (χ1) is 14.8. The van der Waals surface area contributed by atoms with Crippen molar-refractivity contribution in [1.82, 2.24) is 5.32 Å². The summed E-state index contributed by atoms with van der Waals surface area (Å²) in [5.74, 6) is 1.42. The average molecular weight is 442 g/mol. The summed E-state index contributed by atoms with van der Waals surface area (Å²) in [5.41, 5.74) is 1.49. The second-order valence-electron chi connectivity index (χ2n) is 7.94. The van der Waals surface area contributed by atoms with Gasteiger partial charge in [0.25, 0.3) is 5.24 Å². The van der Waals surface area contributed by atoms with Crippen LogP contribution in [0.2, 0.25) is 0 Å². The van der Waals surface area contributed by atoms with Crippen molar-refractivity contribution in [3.05, 3.63) is 53.6 Å². The number of nitrogens with one attached hydrogen (secondary N) is 1. The molecule has 0 aliphatic carbocycles. The molecule has 31 heavy (non-hydrogen) atoms. The van der Waals surface area contributed by atoms with E-state index in [2.05, 4.69) is 5.32 Å². The molecule has 0 bridgehead atoms. The van der Waals surface area contributed by atoms with E-state index in [-0.39, 0.29) is 22.4 Å². The Kier molecular flexibility index (Phi) is 5.91. The number of esters is 1. The van der Waals surface area contributed by atoms with Gasteiger partial charge < -0.3 is 14.2 Å². The maximum atomic E-state index is 11.7. The third-order valence-electron chi connectivity index (χ3n) is 5.23. The van der Waals surface area contributed by atoms with Crippen molar-refractivity contribution in [2.75, 3.05) is 6.61 Å². The van der Waals surface area contributed by atoms with Crippen molar-refractivity contribution < 1.29 is 28.6 Å². The SMILES string of the molecule is CC(=O)Oc1ccc2c(c1)CCC(C)(COc1ccc(CC3SC(=O)NC3=O)cc1)O2. The molecule has 2 aromatic carbocycles. The molecule has 2 aliphatic heterocycles. The minimum Gasteiger partial charge on any atom is -0.489 e. The van der Waals surface area contributed by atoms with Crippen LogP contribution in [0.3, 0.4) is 0 Å². The molecule has 4 rings (SSSR count). The summed E-state index contributed by atoms with van der Waals surface area (Å²) in [6.45, 7) is 3.77. The van der Waals surface area contributed by atoms with Gasteiger partial charge in [-0.2, -0.15) is 0 Å². The maximum Gasteiger partial charge on any atom is 0.308 e. The number of thioether (sulfide) groups is 1. The van der Waals surface area contributed by atoms with Gasteiger partial charge in [-0.15, -0.1) is 0 Å². The Bertz CT molecular complexity index is 1020. The zero-order valence-electron chi connectivity index (χ0n) is 17.3. The van der Waals surface area contributed by atoms with Crippen LogP contribution in [-0.2, 0) is 22.4 Å². The number of imide groups is 1. The summed E-state index contributed by atoms with van der Waals surface area (Å²) in [6, 6.07) is 12.9. The Labute approximate surface area is 184 Å². The molecular weight excluding hydrogens is 418 g/mol. The lowest BCUT2D eigenvalue weighted by molar-refractivity contribution is -0.131. The van der Waals surface area contributed by atoms with Crippen LogP contribution in [0.1, 0.15) is 31.4 Å². The molecule has 1 fully saturated rings. The van der Waals surface area contributed by atoms with E-state index in [1.807, 2.05) is 43.3 Å². The molecule has 7 nitrogen and oxygen atoms in total. The van der Waals surface area contributed by atoms with Gasteiger partial charge in [0.2, 0.25) is 5.91 Å². The van der Waals surface area contributed by atoms with Gasteiger partial charge in [-0.25, -0.2) is 0 Å². The molecule has 1 saturated heterocycles. The number of hydrogen-bond acceptors (Lipinski definition) is 7. The van der Waals surface area contributed by atoms with Crippen molar-refractivity contribution >= 4 is 28.9 Å². The summed E-state index contributed by atoms with van der Waals surface area (Å²) in [4.78, 5) is 34.1. The van der Waals surface area contributed by atoms with E-state index >= 15 is 0 Å². The minimum atomic E-state index is -0.479. The number of carbonyl (C=O) groups excluding carboxylic acids is 3. The normalized spacial score (nSPS) is 22.3. The number of rotatable bonds is 6. The smallest absolute Gasteiger partial charge is 0.308 e. The molecule has 0 spiro atoms. The zero-order valence-corrected chi connectivity index (χ0v) is 18.1. The van der Waals surface area contributed by atoms with Crippen molar-refractivity contribution in [2.45, 2.75) is 44.0 Å². The molecule has 0 saturated carbocycles. The van der Waals surface area contributed by atoms with Crippen molar-refractivity contribution in [2.24, 2.45) is 0 Å². The predicted octanol–water partition coefficient (Wildman–Crippen LogP) is 3.67. The Balaban J connectivity index is 1.33. The van der Waals surface area contributed by atoms with E-state index < -0.39 is 5.60 Å². The quantitative estimate of drug-likeness (QED) is 0.540. The summed E-state index contributed by atoms with van der Waals surface area (Å²) in [6.07, 6.45) is 2.06. The van der Waals surface area contributed by atoms with Gasteiger partial charge in [-0.3, -0.25) is 19.7 Å². The van der Waals surface area contributed by atoms with E-state index in [9.17, 15) is 14.4 Å². The molecule has 2 amide bonds. The van der Waals surface area contributed by atoms with E-state index in [1.165, 1.54) is 6.92 Å². The first-order valence-electron chi connectivity index (χ1n) is 10.0. The fourth-order valence-electron chi connectivity index (χ4n) is 3.60. The third kappa shape index (κ3) is 5.19. The number of benzene rings is 2. The van der Waals surface area contributed by atoms with Crippen LogP contribution in [0, 0.1) is 0 Å². The Morgan fingerprint density at radius 3 is 2.61 bits per heavy atom. The molecule has 2 aliphatic rings. The van der Waals surface area contributed by atoms with Crippen LogP contribution in [-0.4, -0.2) is 34.6 Å². The minimum absolute atomic E-state index is 0.238. The van der Waals surface area contributed by atoms with Crippen LogP contribution < -0.4 is 19.5 Å². The van der Waals surface area contributed by atoms with Gasteiger partial charge >= 0.3 is 5.97 Å². The molecule has 162 valence electrons. The maximum absolute atomic E-state index is 11.7. The van der Waals surface area contributed by atoms with Gasteiger partial charge in [0, 0.05) is 6.92 Å². The van der Waals surface area contributed by atoms with Crippen LogP contribution >= 0.6 is 11.8 Å². The van der Waals surface area contributed by atoms with E-state index in [0.29, 0.717) is 24.5 Å². The Hall–Kier alpha value is -3.00. The number of fused-ring (bicyclic) bond motifs is 1. The fraction of sp³-hybridized carbons (Fsp3) is 0.348. The summed E-state index contributed by atoms with van der Waals surface area (Å²) < 4.78 is 17.3. The topological polar surface area (TPSA) is 90.9 Å². The lowest BCUT2D eigenvalue weighted by Crippen LogP contribution is -2.42. The molecule has 1 N–H and O–H groups in total. The fourth-order valence-corrected chi connectivity index (χ4v) is 4.46. The van der Waals surface area contributed by atoms with Gasteiger partial charge in [-0.05, 0) is 67.6 Å². The first kappa shape index (κ1) is 21.2. The van der Waals surface area contributed by atoms with Crippen LogP contribution in [0.5, 0.6) is 17.2 Å². The lowest BCUT2D eigenvalue weighted by atomic mass is 9.93. The Morgan fingerprint density at radius 1 is 1.19 bits per heavy atom. The second kappa shape index (κ2) is 8.63. The summed E-state index contributed by atoms with van der Waals surface area (Å²) in [7, 11) is 0. The molecule has 8 heteroatoms. The van der Waals surface area contributed by atoms with Crippen molar-refractivity contribution in [1.29, 1.82) is 0 Å². The molecule has 2 unspecified atom stereocenters. The van der Waals surface area contributed by atoms with Crippen LogP contribution in [0.25, 0.3) is 0 Å². The number of aryl methyl sites for hydroxylation is 1. The van der Waals surface area contributed by atoms with E-state index in [1.54, 1.807) is 6.07 Å². The molecule has 2 atom stereocenters. The molecule has 0 radical (unpaired) electrons. The molecule has 2 aromatic rings. The largest absolute Gasteiger partial charge is 0.489 e. The third-order valence-corrected chi connectivity index (χ3v) is 6.21. The molecule has 2 heterocycles. The zero-order chi connectivity index (χ0) is 22.0. The van der Waals surface area contributed by atoms with Crippen molar-refractivity contribution in [3.63, 3.8) is 0 Å². The Morgan fingerprint density at radius 2 is 1.94 bits per heavy atom. The highest BCUT2D eigenvalue weighted by molar-refractivity contribution is 8.15. The lowest BCUT2D eigenvalue weighted by Gasteiger charge is -2.35. The first-order valence-corrected chi connectivity index (χ1v) is 10.9. The monoisotopic (exact) mass is 441 g/mol. The predicted molar refractivity (Wildman–Crippen MR) is 116 cm³/mol. The highest BCUT2D eigenvalue weighted by atomic mass is 32.2. The van der Waals surface area contributed by atoms with Gasteiger partial charge in [0.05, 0.1) is 5.25 Å². The van der Waals surface area contributed by atoms with E-state index in [0.717, 1.165) is 41.5 Å². The average Bonchev–Trinajstić information content (AvgIpc) is 3.04. The molecule has 0 aromatic heterocycles. The molecular formula is C23H23NO6S. The highest BCUT2D eigenvalue weighted by Crippen LogP contribution is 2.36. The van der Waals surface area contributed by atoms with Gasteiger partial charge in [0.15, 0.2) is 0 Å². The number of amides is 2. The van der Waals surface area contributed by atoms with Crippen LogP contribution in [0.15, 0.2) is 42.5 Å². The van der Waals surface area contributed by atoms with E-state index in [4.69, 9.17) is 14.2 Å². The summed E-state index contributed by atoms with van der Waals surface area (Å²) in [5, 5.41) is 1.63. The number of ether oxygens (including phenoxy) is 3. The summed E-state index contributed by atoms with van der Waals surface area (Å²) >= 11 is 1.03. The number of hydrogen-bond donors (Lipinski definition) is 1. The van der Waals surface area contributed by atoms with Gasteiger partial charge in [-0.1, -0.05) is 23.9 Å².